The first-order valence-corrected chi connectivity index (χ1v) is 7.08. The van der Waals surface area contributed by atoms with E-state index < -0.39 is 10.0 Å². The quantitative estimate of drug-likeness (QED) is 0.675. The van der Waals surface area contributed by atoms with Crippen LogP contribution in [-0.2, 0) is 14.8 Å². The van der Waals surface area contributed by atoms with Gasteiger partial charge in [-0.3, -0.25) is 4.79 Å². The molecular weight excluding hydrogens is 230 g/mol. The molecule has 1 fully saturated rings. The molecule has 0 spiro atoms. The van der Waals surface area contributed by atoms with E-state index in [1.807, 2.05) is 6.92 Å². The molecule has 0 aromatic rings. The SMILES string of the molecule is CC1CNCCN1C(=O)CN(C)S(C)(=O)=O. The Morgan fingerprint density at radius 1 is 1.56 bits per heavy atom. The van der Waals surface area contributed by atoms with Gasteiger partial charge in [0.05, 0.1) is 12.8 Å². The van der Waals surface area contributed by atoms with E-state index in [0.717, 1.165) is 23.7 Å². The Bertz CT molecular complexity index is 355. The average Bonchev–Trinajstić information content (AvgIpc) is 2.16. The van der Waals surface area contributed by atoms with Crippen molar-refractivity contribution in [2.45, 2.75) is 13.0 Å². The van der Waals surface area contributed by atoms with Crippen LogP contribution >= 0.6 is 0 Å². The molecule has 94 valence electrons. The molecule has 0 aromatic heterocycles. The summed E-state index contributed by atoms with van der Waals surface area (Å²) < 4.78 is 23.4. The van der Waals surface area contributed by atoms with Crippen LogP contribution in [0.1, 0.15) is 6.92 Å². The van der Waals surface area contributed by atoms with E-state index in [4.69, 9.17) is 0 Å². The third-order valence-electron chi connectivity index (χ3n) is 2.75. The molecule has 1 atom stereocenters. The lowest BCUT2D eigenvalue weighted by Crippen LogP contribution is -2.54. The van der Waals surface area contributed by atoms with Gasteiger partial charge in [0, 0.05) is 32.7 Å². The monoisotopic (exact) mass is 249 g/mol. The van der Waals surface area contributed by atoms with Crippen LogP contribution in [-0.4, -0.2) is 69.1 Å². The molecule has 1 unspecified atom stereocenters. The Labute approximate surface area is 96.6 Å². The summed E-state index contributed by atoms with van der Waals surface area (Å²) in [5, 5.41) is 3.18. The van der Waals surface area contributed by atoms with Gasteiger partial charge in [0.15, 0.2) is 0 Å². The number of hydrogen-bond acceptors (Lipinski definition) is 4. The second kappa shape index (κ2) is 5.11. The molecule has 7 heteroatoms. The summed E-state index contributed by atoms with van der Waals surface area (Å²) in [6.45, 7) is 4.03. The molecule has 1 amide bonds. The number of piperazine rings is 1. The normalized spacial score (nSPS) is 22.5. The van der Waals surface area contributed by atoms with Gasteiger partial charge in [-0.2, -0.15) is 4.31 Å². The van der Waals surface area contributed by atoms with Crippen LogP contribution in [0.3, 0.4) is 0 Å². The van der Waals surface area contributed by atoms with Crippen molar-refractivity contribution < 1.29 is 13.2 Å². The minimum atomic E-state index is -3.28. The van der Waals surface area contributed by atoms with Crippen molar-refractivity contribution in [2.75, 3.05) is 39.5 Å². The van der Waals surface area contributed by atoms with Gasteiger partial charge in [-0.05, 0) is 6.92 Å². The molecule has 1 rings (SSSR count). The lowest BCUT2D eigenvalue weighted by molar-refractivity contribution is -0.133. The third-order valence-corrected chi connectivity index (χ3v) is 4.01. The summed E-state index contributed by atoms with van der Waals surface area (Å²) in [6, 6.07) is 0.120. The van der Waals surface area contributed by atoms with E-state index in [1.54, 1.807) is 4.90 Å². The number of rotatable bonds is 3. The number of sulfonamides is 1. The molecule has 0 bridgehead atoms. The highest BCUT2D eigenvalue weighted by Gasteiger charge is 2.25. The smallest absolute Gasteiger partial charge is 0.238 e. The Balaban J connectivity index is 2.58. The standard InChI is InChI=1S/C9H19N3O3S/c1-8-6-10-4-5-12(8)9(13)7-11(2)16(3,14)15/h8,10H,4-7H2,1-3H3. The average molecular weight is 249 g/mol. The molecule has 6 nitrogen and oxygen atoms in total. The zero-order chi connectivity index (χ0) is 12.3. The van der Waals surface area contributed by atoms with Crippen molar-refractivity contribution in [3.8, 4) is 0 Å². The summed E-state index contributed by atoms with van der Waals surface area (Å²) >= 11 is 0. The Morgan fingerprint density at radius 3 is 2.69 bits per heavy atom. The predicted molar refractivity (Wildman–Crippen MR) is 61.5 cm³/mol. The molecule has 1 N–H and O–H groups in total. The highest BCUT2D eigenvalue weighted by atomic mass is 32.2. The highest BCUT2D eigenvalue weighted by Crippen LogP contribution is 2.04. The van der Waals surface area contributed by atoms with Gasteiger partial charge < -0.3 is 10.2 Å². The van der Waals surface area contributed by atoms with E-state index in [0.29, 0.717) is 6.54 Å². The van der Waals surface area contributed by atoms with Gasteiger partial charge in [-0.15, -0.1) is 0 Å². The summed E-state index contributed by atoms with van der Waals surface area (Å²) in [7, 11) is -1.87. The topological polar surface area (TPSA) is 69.7 Å². The van der Waals surface area contributed by atoms with Gasteiger partial charge in [0.25, 0.3) is 0 Å². The van der Waals surface area contributed by atoms with Gasteiger partial charge in [0.1, 0.15) is 0 Å². The molecule has 0 aliphatic carbocycles. The summed E-state index contributed by atoms with van der Waals surface area (Å²) in [5.74, 6) is -0.137. The minimum Gasteiger partial charge on any atom is -0.336 e. The number of carbonyl (C=O) groups excluding carboxylic acids is 1. The van der Waals surface area contributed by atoms with Crippen molar-refractivity contribution >= 4 is 15.9 Å². The van der Waals surface area contributed by atoms with E-state index in [9.17, 15) is 13.2 Å². The van der Waals surface area contributed by atoms with Crippen LogP contribution in [0.15, 0.2) is 0 Å². The van der Waals surface area contributed by atoms with Gasteiger partial charge >= 0.3 is 0 Å². The number of likely N-dealkylation sites (N-methyl/N-ethyl adjacent to an activating group) is 1. The van der Waals surface area contributed by atoms with Gasteiger partial charge in [-0.1, -0.05) is 0 Å². The molecule has 1 aliphatic heterocycles. The van der Waals surface area contributed by atoms with Crippen LogP contribution < -0.4 is 5.32 Å². The molecule has 1 heterocycles. The molecular formula is C9H19N3O3S. The van der Waals surface area contributed by atoms with Gasteiger partial charge in [0.2, 0.25) is 15.9 Å². The summed E-state index contributed by atoms with van der Waals surface area (Å²) in [6.07, 6.45) is 1.10. The summed E-state index contributed by atoms with van der Waals surface area (Å²) in [5.41, 5.74) is 0. The fourth-order valence-corrected chi connectivity index (χ4v) is 1.96. The molecule has 1 aliphatic rings. The van der Waals surface area contributed by atoms with Crippen molar-refractivity contribution in [2.24, 2.45) is 0 Å². The number of carbonyl (C=O) groups is 1. The van der Waals surface area contributed by atoms with Crippen LogP contribution in [0.5, 0.6) is 0 Å². The number of hydrogen-bond donors (Lipinski definition) is 1. The first-order chi connectivity index (χ1) is 7.32. The maximum atomic E-state index is 11.9. The lowest BCUT2D eigenvalue weighted by Gasteiger charge is -2.34. The fourth-order valence-electron chi connectivity index (χ4n) is 1.61. The zero-order valence-corrected chi connectivity index (χ0v) is 10.7. The van der Waals surface area contributed by atoms with Crippen molar-refractivity contribution in [3.05, 3.63) is 0 Å². The van der Waals surface area contributed by atoms with Crippen LogP contribution in [0, 0.1) is 0 Å². The van der Waals surface area contributed by atoms with Crippen LogP contribution in [0.2, 0.25) is 0 Å². The molecule has 0 saturated carbocycles. The van der Waals surface area contributed by atoms with Crippen molar-refractivity contribution in [3.63, 3.8) is 0 Å². The maximum absolute atomic E-state index is 11.9. The molecule has 0 radical (unpaired) electrons. The van der Waals surface area contributed by atoms with Crippen LogP contribution in [0.4, 0.5) is 0 Å². The van der Waals surface area contributed by atoms with E-state index in [1.165, 1.54) is 7.05 Å². The maximum Gasteiger partial charge on any atom is 0.238 e. The molecule has 1 saturated heterocycles. The fraction of sp³-hybridized carbons (Fsp3) is 0.889. The predicted octanol–water partition coefficient (Wildman–Crippen LogP) is -1.30. The van der Waals surface area contributed by atoms with Crippen molar-refractivity contribution in [1.82, 2.24) is 14.5 Å². The Kier molecular flexibility index (Phi) is 4.28. The number of nitrogens with one attached hydrogen (secondary N) is 1. The molecule has 0 aromatic carbocycles. The van der Waals surface area contributed by atoms with E-state index in [-0.39, 0.29) is 18.5 Å². The third kappa shape index (κ3) is 3.43. The molecule has 16 heavy (non-hydrogen) atoms. The largest absolute Gasteiger partial charge is 0.336 e. The minimum absolute atomic E-state index is 0.0802. The number of nitrogens with zero attached hydrogens (tertiary/aromatic N) is 2. The second-order valence-electron chi connectivity index (χ2n) is 4.16. The van der Waals surface area contributed by atoms with Crippen molar-refractivity contribution in [1.29, 1.82) is 0 Å². The Hall–Kier alpha value is -0.660. The second-order valence-corrected chi connectivity index (χ2v) is 6.25. The zero-order valence-electron chi connectivity index (χ0n) is 9.93. The first-order valence-electron chi connectivity index (χ1n) is 5.24. The summed E-state index contributed by atoms with van der Waals surface area (Å²) in [4.78, 5) is 13.6. The highest BCUT2D eigenvalue weighted by molar-refractivity contribution is 7.88. The van der Waals surface area contributed by atoms with Gasteiger partial charge in [-0.25, -0.2) is 8.42 Å². The Morgan fingerprint density at radius 2 is 2.19 bits per heavy atom. The lowest BCUT2D eigenvalue weighted by atomic mass is 10.2. The van der Waals surface area contributed by atoms with E-state index in [2.05, 4.69) is 5.32 Å². The van der Waals surface area contributed by atoms with Crippen LogP contribution in [0.25, 0.3) is 0 Å². The first kappa shape index (κ1) is 13.4. The van der Waals surface area contributed by atoms with E-state index >= 15 is 0 Å². The number of amides is 1.